The fourth-order valence-electron chi connectivity index (χ4n) is 5.86. The molecule has 2 aromatic carbocycles. The van der Waals surface area contributed by atoms with Crippen molar-refractivity contribution < 1.29 is 19.2 Å². The van der Waals surface area contributed by atoms with Gasteiger partial charge in [0, 0.05) is 18.9 Å². The Hall–Kier alpha value is -5.34. The fourth-order valence-corrected chi connectivity index (χ4v) is 6.82. The SMILES string of the molecule is CC(C)CC(NC(=O)CCC1=CNC2C=CC=CC12)C(=O)NCC(=O)NC(CCCN=C(N)N)C(=O)c1nc2ccccc2s1.CN.Cc1ccccc1. The van der Waals surface area contributed by atoms with Crippen LogP contribution in [-0.2, 0) is 14.4 Å². The zero-order valence-electron chi connectivity index (χ0n) is 31.6. The van der Waals surface area contributed by atoms with Crippen molar-refractivity contribution in [3.05, 3.63) is 101 Å². The first-order valence-electron chi connectivity index (χ1n) is 18.2. The van der Waals surface area contributed by atoms with Gasteiger partial charge in [0.25, 0.3) is 0 Å². The highest BCUT2D eigenvalue weighted by Gasteiger charge is 2.29. The summed E-state index contributed by atoms with van der Waals surface area (Å²) in [4.78, 5) is 60.7. The molecule has 1 aliphatic carbocycles. The maximum atomic E-state index is 13.4. The number of fused-ring (bicyclic) bond motifs is 2. The molecule has 2 aliphatic rings. The second kappa shape index (κ2) is 22.7. The van der Waals surface area contributed by atoms with Crippen LogP contribution < -0.4 is 38.5 Å². The molecule has 290 valence electrons. The van der Waals surface area contributed by atoms with Crippen molar-refractivity contribution in [2.24, 2.45) is 34.0 Å². The zero-order valence-corrected chi connectivity index (χ0v) is 32.4. The number of hydrogen-bond acceptors (Lipinski definition) is 9. The van der Waals surface area contributed by atoms with Gasteiger partial charge < -0.3 is 38.5 Å². The average Bonchev–Trinajstić information content (AvgIpc) is 3.79. The summed E-state index contributed by atoms with van der Waals surface area (Å²) in [6.07, 6.45) is 12.1. The summed E-state index contributed by atoms with van der Waals surface area (Å²) >= 11 is 1.25. The van der Waals surface area contributed by atoms with E-state index in [1.54, 1.807) is 0 Å². The number of aromatic nitrogens is 1. The average molecular weight is 758 g/mol. The van der Waals surface area contributed by atoms with Gasteiger partial charge in [0.05, 0.1) is 28.8 Å². The number of nitrogens with one attached hydrogen (secondary N) is 4. The molecule has 5 rings (SSSR count). The minimum absolute atomic E-state index is 0.0566. The molecule has 2 heterocycles. The number of nitrogens with zero attached hydrogens (tertiary/aromatic N) is 2. The van der Waals surface area contributed by atoms with Gasteiger partial charge in [0.1, 0.15) is 6.04 Å². The van der Waals surface area contributed by atoms with E-state index in [1.807, 2.05) is 74.7 Å². The van der Waals surface area contributed by atoms with Gasteiger partial charge in [0.2, 0.25) is 23.5 Å². The molecule has 1 aliphatic heterocycles. The molecular formula is C40H55N9O4S. The van der Waals surface area contributed by atoms with Gasteiger partial charge in [-0.25, -0.2) is 4.98 Å². The van der Waals surface area contributed by atoms with Gasteiger partial charge in [0.15, 0.2) is 11.0 Å². The van der Waals surface area contributed by atoms with E-state index in [2.05, 4.69) is 68.2 Å². The highest BCUT2D eigenvalue weighted by atomic mass is 32.1. The molecule has 1 aromatic heterocycles. The third kappa shape index (κ3) is 14.2. The minimum Gasteiger partial charge on any atom is -0.384 e. The van der Waals surface area contributed by atoms with Crippen LogP contribution in [0, 0.1) is 18.8 Å². The van der Waals surface area contributed by atoms with Crippen molar-refractivity contribution >= 4 is 51.0 Å². The van der Waals surface area contributed by atoms with Crippen LogP contribution >= 0.6 is 11.3 Å². The number of carbonyl (C=O) groups excluding carboxylic acids is 4. The third-order valence-corrected chi connectivity index (χ3v) is 9.54. The van der Waals surface area contributed by atoms with Gasteiger partial charge in [-0.15, -0.1) is 11.3 Å². The smallest absolute Gasteiger partial charge is 0.243 e. The molecular weight excluding hydrogens is 703 g/mol. The first-order chi connectivity index (χ1) is 26.0. The Kier molecular flexibility index (Phi) is 18.1. The molecule has 54 heavy (non-hydrogen) atoms. The molecule has 13 nitrogen and oxygen atoms in total. The first-order valence-corrected chi connectivity index (χ1v) is 19.0. The number of hydrogen-bond donors (Lipinski definition) is 7. The number of nitrogens with two attached hydrogens (primary N) is 3. The van der Waals surface area contributed by atoms with Crippen molar-refractivity contribution in [3.63, 3.8) is 0 Å². The van der Waals surface area contributed by atoms with E-state index in [-0.39, 0.29) is 66.5 Å². The number of amides is 3. The number of carbonyl (C=O) groups is 4. The van der Waals surface area contributed by atoms with Gasteiger partial charge in [-0.3, -0.25) is 24.2 Å². The minimum atomic E-state index is -0.885. The number of allylic oxidation sites excluding steroid dienone is 2. The Balaban J connectivity index is 0.000000770. The predicted molar refractivity (Wildman–Crippen MR) is 217 cm³/mol. The number of benzene rings is 2. The fraction of sp³-hybridized carbons (Fsp3) is 0.400. The number of ketones is 1. The lowest BCUT2D eigenvalue weighted by molar-refractivity contribution is -0.130. The lowest BCUT2D eigenvalue weighted by atomic mass is 9.89. The van der Waals surface area contributed by atoms with Crippen LogP contribution in [0.2, 0.25) is 0 Å². The van der Waals surface area contributed by atoms with E-state index in [0.717, 1.165) is 10.3 Å². The Labute approximate surface area is 322 Å². The number of rotatable bonds is 16. The normalized spacial score (nSPS) is 16.2. The van der Waals surface area contributed by atoms with Crippen LogP contribution in [0.5, 0.6) is 0 Å². The van der Waals surface area contributed by atoms with E-state index in [9.17, 15) is 19.2 Å². The van der Waals surface area contributed by atoms with Crippen LogP contribution in [0.1, 0.15) is 61.3 Å². The summed E-state index contributed by atoms with van der Waals surface area (Å²) in [6, 6.07) is 16.2. The van der Waals surface area contributed by atoms with Crippen LogP contribution in [0.4, 0.5) is 0 Å². The largest absolute Gasteiger partial charge is 0.384 e. The molecule has 0 saturated heterocycles. The summed E-state index contributed by atoms with van der Waals surface area (Å²) in [6.45, 7) is 5.93. The monoisotopic (exact) mass is 757 g/mol. The van der Waals surface area contributed by atoms with Gasteiger partial charge in [-0.1, -0.05) is 86.2 Å². The summed E-state index contributed by atoms with van der Waals surface area (Å²) in [7, 11) is 1.50. The topological polar surface area (TPSA) is 220 Å². The number of aliphatic imine (C=N–C) groups is 1. The number of para-hydroxylation sites is 1. The molecule has 14 heteroatoms. The highest BCUT2D eigenvalue weighted by molar-refractivity contribution is 7.20. The van der Waals surface area contributed by atoms with Crippen LogP contribution in [0.15, 0.2) is 95.7 Å². The van der Waals surface area contributed by atoms with Crippen molar-refractivity contribution in [1.82, 2.24) is 26.3 Å². The van der Waals surface area contributed by atoms with Crippen LogP contribution in [0.25, 0.3) is 10.2 Å². The lowest BCUT2D eigenvalue weighted by Gasteiger charge is -2.22. The van der Waals surface area contributed by atoms with E-state index in [0.29, 0.717) is 24.8 Å². The Bertz CT molecular complexity index is 1770. The predicted octanol–water partition coefficient (Wildman–Crippen LogP) is 3.61. The maximum absolute atomic E-state index is 13.4. The molecule has 0 saturated carbocycles. The number of aryl methyl sites for hydroxylation is 1. The van der Waals surface area contributed by atoms with Gasteiger partial charge in [-0.2, -0.15) is 0 Å². The molecule has 3 amide bonds. The van der Waals surface area contributed by atoms with Crippen LogP contribution in [0.3, 0.4) is 0 Å². The molecule has 0 spiro atoms. The Morgan fingerprint density at radius 2 is 1.61 bits per heavy atom. The molecule has 3 aromatic rings. The zero-order chi connectivity index (χ0) is 39.5. The molecule has 0 bridgehead atoms. The standard InChI is InChI=1S/C32H42N8O4S.C7H8.CH5N/c1-19(2)16-25(39-27(41)14-13-20-17-36-22-9-4-3-8-21(20)22)30(44)37-18-28(42)38-24(11-7-15-35-32(33)34)29(43)31-40-23-10-5-6-12-26(23)45-31;1-7-5-3-2-4-6-7;1-2/h3-6,8-10,12,17,19,21-22,24-25,36H,7,11,13-16,18H2,1-2H3,(H,37,44)(H,38,42)(H,39,41)(H4,33,34,35);2-6H,1H3;2H2,1H3. The highest BCUT2D eigenvalue weighted by Crippen LogP contribution is 2.29. The van der Waals surface area contributed by atoms with E-state index in [4.69, 9.17) is 11.5 Å². The molecule has 0 radical (unpaired) electrons. The second-order valence-electron chi connectivity index (χ2n) is 13.2. The third-order valence-electron chi connectivity index (χ3n) is 8.49. The molecule has 4 atom stereocenters. The van der Waals surface area contributed by atoms with E-state index in [1.165, 1.54) is 23.9 Å². The molecule has 10 N–H and O–H groups in total. The lowest BCUT2D eigenvalue weighted by Crippen LogP contribution is -2.51. The van der Waals surface area contributed by atoms with E-state index < -0.39 is 23.9 Å². The first kappa shape index (κ1) is 43.1. The van der Waals surface area contributed by atoms with Crippen molar-refractivity contribution in [2.75, 3.05) is 20.1 Å². The number of Topliss-reactive ketones (excluding diaryl/α,β-unsaturated/α-hetero) is 1. The number of thiazole rings is 1. The van der Waals surface area contributed by atoms with Crippen molar-refractivity contribution in [3.8, 4) is 0 Å². The summed E-state index contributed by atoms with van der Waals surface area (Å²) in [5.41, 5.74) is 18.5. The summed E-state index contributed by atoms with van der Waals surface area (Å²) in [5, 5.41) is 11.8. The Morgan fingerprint density at radius 3 is 2.28 bits per heavy atom. The summed E-state index contributed by atoms with van der Waals surface area (Å²) in [5.74, 6) is -1.27. The molecule has 4 unspecified atom stereocenters. The Morgan fingerprint density at radius 1 is 0.926 bits per heavy atom. The van der Waals surface area contributed by atoms with E-state index >= 15 is 0 Å². The van der Waals surface area contributed by atoms with Crippen LogP contribution in [-0.4, -0.2) is 72.7 Å². The number of guanidine groups is 1. The quantitative estimate of drug-likeness (QED) is 0.0491. The molecule has 0 fully saturated rings. The van der Waals surface area contributed by atoms with Crippen molar-refractivity contribution in [1.29, 1.82) is 0 Å². The second-order valence-corrected chi connectivity index (χ2v) is 14.3. The van der Waals surface area contributed by atoms with Gasteiger partial charge >= 0.3 is 0 Å². The maximum Gasteiger partial charge on any atom is 0.243 e. The van der Waals surface area contributed by atoms with Crippen molar-refractivity contribution in [2.45, 2.75) is 71.0 Å². The summed E-state index contributed by atoms with van der Waals surface area (Å²) < 4.78 is 0.862. The van der Waals surface area contributed by atoms with Gasteiger partial charge in [-0.05, 0) is 69.5 Å².